The van der Waals surface area contributed by atoms with Gasteiger partial charge in [0.25, 0.3) is 5.91 Å². The summed E-state index contributed by atoms with van der Waals surface area (Å²) < 4.78 is 0. The summed E-state index contributed by atoms with van der Waals surface area (Å²) in [5, 5.41) is 0. The molecule has 2 aliphatic rings. The van der Waals surface area contributed by atoms with Crippen molar-refractivity contribution >= 4 is 5.91 Å². The first kappa shape index (κ1) is 19.2. The molecule has 1 fully saturated rings. The standard InChI is InChI=1S/C25H32N2O/c1-25(2,3)22-12-10-20(11-13-22)24(28)27-15-6-9-23(18-27)26-16-14-19-7-4-5-8-21(19)17-26/h4-5,7-8,10-13,23H,6,9,14-18H2,1-3H3/t23-/m0/s1. The summed E-state index contributed by atoms with van der Waals surface area (Å²) in [6.07, 6.45) is 3.40. The van der Waals surface area contributed by atoms with Crippen molar-refractivity contribution in [1.82, 2.24) is 9.80 Å². The van der Waals surface area contributed by atoms with E-state index in [4.69, 9.17) is 0 Å². The van der Waals surface area contributed by atoms with E-state index in [2.05, 4.69) is 67.0 Å². The number of benzene rings is 2. The summed E-state index contributed by atoms with van der Waals surface area (Å²) in [5.41, 5.74) is 5.14. The smallest absolute Gasteiger partial charge is 0.253 e. The fraction of sp³-hybridized carbons (Fsp3) is 0.480. The Balaban J connectivity index is 1.43. The van der Waals surface area contributed by atoms with Crippen LogP contribution in [-0.4, -0.2) is 41.4 Å². The van der Waals surface area contributed by atoms with Gasteiger partial charge in [0.2, 0.25) is 0 Å². The Hall–Kier alpha value is -2.13. The highest BCUT2D eigenvalue weighted by molar-refractivity contribution is 5.94. The molecular weight excluding hydrogens is 344 g/mol. The number of amides is 1. The Labute approximate surface area is 169 Å². The molecule has 0 spiro atoms. The third-order valence-electron chi connectivity index (χ3n) is 6.36. The molecule has 2 aromatic carbocycles. The zero-order valence-electron chi connectivity index (χ0n) is 17.4. The van der Waals surface area contributed by atoms with Gasteiger partial charge in [0.1, 0.15) is 0 Å². The first-order chi connectivity index (χ1) is 13.4. The van der Waals surface area contributed by atoms with Crippen LogP contribution in [0.1, 0.15) is 60.7 Å². The summed E-state index contributed by atoms with van der Waals surface area (Å²) in [5.74, 6) is 0.183. The van der Waals surface area contributed by atoms with Gasteiger partial charge in [0.15, 0.2) is 0 Å². The van der Waals surface area contributed by atoms with Crippen LogP contribution in [0.3, 0.4) is 0 Å². The summed E-state index contributed by atoms with van der Waals surface area (Å²) in [7, 11) is 0. The third kappa shape index (κ3) is 4.00. The molecule has 148 valence electrons. The van der Waals surface area contributed by atoms with E-state index in [1.54, 1.807) is 0 Å². The lowest BCUT2D eigenvalue weighted by Gasteiger charge is -2.41. The Morgan fingerprint density at radius 1 is 0.964 bits per heavy atom. The van der Waals surface area contributed by atoms with Gasteiger partial charge in [-0.3, -0.25) is 9.69 Å². The van der Waals surface area contributed by atoms with E-state index in [9.17, 15) is 4.79 Å². The maximum Gasteiger partial charge on any atom is 0.253 e. The summed E-state index contributed by atoms with van der Waals surface area (Å²) in [6.45, 7) is 10.5. The molecule has 1 saturated heterocycles. The molecule has 4 rings (SSSR count). The fourth-order valence-corrected chi connectivity index (χ4v) is 4.56. The molecule has 2 aliphatic heterocycles. The molecule has 0 radical (unpaired) electrons. The number of rotatable bonds is 2. The molecule has 2 heterocycles. The average Bonchev–Trinajstić information content (AvgIpc) is 2.72. The topological polar surface area (TPSA) is 23.6 Å². The molecule has 3 nitrogen and oxygen atoms in total. The Kier molecular flexibility index (Phi) is 5.29. The van der Waals surface area contributed by atoms with Crippen LogP contribution in [0.25, 0.3) is 0 Å². The third-order valence-corrected chi connectivity index (χ3v) is 6.36. The normalized spacial score (nSPS) is 20.7. The van der Waals surface area contributed by atoms with Gasteiger partial charge in [-0.05, 0) is 53.5 Å². The predicted octanol–water partition coefficient (Wildman–Crippen LogP) is 4.65. The Bertz CT molecular complexity index is 834. The Morgan fingerprint density at radius 3 is 2.39 bits per heavy atom. The van der Waals surface area contributed by atoms with Crippen molar-refractivity contribution < 1.29 is 4.79 Å². The minimum atomic E-state index is 0.113. The van der Waals surface area contributed by atoms with Gasteiger partial charge < -0.3 is 4.90 Å². The van der Waals surface area contributed by atoms with Crippen LogP contribution in [0.5, 0.6) is 0 Å². The van der Waals surface area contributed by atoms with Crippen LogP contribution in [0.4, 0.5) is 0 Å². The SMILES string of the molecule is CC(C)(C)c1ccc(C(=O)N2CCC[C@H](N3CCc4ccccc4C3)C2)cc1. The monoisotopic (exact) mass is 376 g/mol. The van der Waals surface area contributed by atoms with E-state index in [1.807, 2.05) is 12.1 Å². The highest BCUT2D eigenvalue weighted by atomic mass is 16.2. The lowest BCUT2D eigenvalue weighted by molar-refractivity contribution is 0.0549. The molecule has 1 atom stereocenters. The number of hydrogen-bond acceptors (Lipinski definition) is 2. The number of likely N-dealkylation sites (tertiary alicyclic amines) is 1. The van der Waals surface area contributed by atoms with Gasteiger partial charge >= 0.3 is 0 Å². The minimum absolute atomic E-state index is 0.113. The lowest BCUT2D eigenvalue weighted by atomic mass is 9.86. The quantitative estimate of drug-likeness (QED) is 0.762. The second kappa shape index (κ2) is 7.71. The van der Waals surface area contributed by atoms with Gasteiger partial charge in [-0.1, -0.05) is 57.2 Å². The summed E-state index contributed by atoms with van der Waals surface area (Å²) >= 11 is 0. The number of carbonyl (C=O) groups excluding carboxylic acids is 1. The molecular formula is C25H32N2O. The van der Waals surface area contributed by atoms with E-state index in [0.29, 0.717) is 6.04 Å². The zero-order valence-corrected chi connectivity index (χ0v) is 17.4. The first-order valence-corrected chi connectivity index (χ1v) is 10.6. The number of carbonyl (C=O) groups is 1. The van der Waals surface area contributed by atoms with Gasteiger partial charge in [-0.25, -0.2) is 0 Å². The maximum absolute atomic E-state index is 13.1. The molecule has 0 aromatic heterocycles. The average molecular weight is 377 g/mol. The predicted molar refractivity (Wildman–Crippen MR) is 115 cm³/mol. The molecule has 3 heteroatoms. The molecule has 0 aliphatic carbocycles. The van der Waals surface area contributed by atoms with Crippen molar-refractivity contribution in [3.05, 3.63) is 70.8 Å². The molecule has 1 amide bonds. The van der Waals surface area contributed by atoms with Gasteiger partial charge in [0, 0.05) is 37.8 Å². The van der Waals surface area contributed by atoms with Crippen LogP contribution < -0.4 is 0 Å². The molecule has 2 aromatic rings. The minimum Gasteiger partial charge on any atom is -0.337 e. The molecule has 0 saturated carbocycles. The van der Waals surface area contributed by atoms with E-state index in [0.717, 1.165) is 44.6 Å². The van der Waals surface area contributed by atoms with Crippen molar-refractivity contribution in [2.45, 2.75) is 58.0 Å². The number of fused-ring (bicyclic) bond motifs is 1. The number of hydrogen-bond donors (Lipinski definition) is 0. The van der Waals surface area contributed by atoms with Gasteiger partial charge in [0.05, 0.1) is 0 Å². The molecule has 0 unspecified atom stereocenters. The summed E-state index contributed by atoms with van der Waals surface area (Å²) in [6, 6.07) is 17.5. The van der Waals surface area contributed by atoms with Crippen molar-refractivity contribution in [2.75, 3.05) is 19.6 Å². The van der Waals surface area contributed by atoms with Crippen LogP contribution >= 0.6 is 0 Å². The molecule has 0 N–H and O–H groups in total. The Morgan fingerprint density at radius 2 is 1.68 bits per heavy atom. The highest BCUT2D eigenvalue weighted by Crippen LogP contribution is 2.26. The fourth-order valence-electron chi connectivity index (χ4n) is 4.56. The molecule has 0 bridgehead atoms. The summed E-state index contributed by atoms with van der Waals surface area (Å²) in [4.78, 5) is 17.8. The van der Waals surface area contributed by atoms with Gasteiger partial charge in [-0.2, -0.15) is 0 Å². The second-order valence-electron chi connectivity index (χ2n) is 9.36. The van der Waals surface area contributed by atoms with Crippen molar-refractivity contribution in [3.8, 4) is 0 Å². The largest absolute Gasteiger partial charge is 0.337 e. The van der Waals surface area contributed by atoms with Crippen LogP contribution in [0.2, 0.25) is 0 Å². The molecule has 28 heavy (non-hydrogen) atoms. The maximum atomic E-state index is 13.1. The van der Waals surface area contributed by atoms with Crippen LogP contribution in [-0.2, 0) is 18.4 Å². The second-order valence-corrected chi connectivity index (χ2v) is 9.36. The van der Waals surface area contributed by atoms with E-state index in [1.165, 1.54) is 23.1 Å². The van der Waals surface area contributed by atoms with Crippen LogP contribution in [0, 0.1) is 0 Å². The van der Waals surface area contributed by atoms with Gasteiger partial charge in [-0.15, -0.1) is 0 Å². The van der Waals surface area contributed by atoms with E-state index in [-0.39, 0.29) is 11.3 Å². The van der Waals surface area contributed by atoms with Crippen molar-refractivity contribution in [2.24, 2.45) is 0 Å². The van der Waals surface area contributed by atoms with E-state index >= 15 is 0 Å². The van der Waals surface area contributed by atoms with E-state index < -0.39 is 0 Å². The van der Waals surface area contributed by atoms with Crippen molar-refractivity contribution in [3.63, 3.8) is 0 Å². The van der Waals surface area contributed by atoms with Crippen molar-refractivity contribution in [1.29, 1.82) is 0 Å². The first-order valence-electron chi connectivity index (χ1n) is 10.6. The zero-order chi connectivity index (χ0) is 19.7. The van der Waals surface area contributed by atoms with Crippen LogP contribution in [0.15, 0.2) is 48.5 Å². The number of piperidine rings is 1. The number of nitrogens with zero attached hydrogens (tertiary/aromatic N) is 2. The lowest BCUT2D eigenvalue weighted by Crippen LogP contribution is -2.51. The highest BCUT2D eigenvalue weighted by Gasteiger charge is 2.30.